The van der Waals surface area contributed by atoms with Crippen molar-refractivity contribution in [2.24, 2.45) is 5.41 Å². The van der Waals surface area contributed by atoms with Crippen molar-refractivity contribution in [3.8, 4) is 11.5 Å². The number of carbonyl (C=O) groups excluding carboxylic acids is 2. The van der Waals surface area contributed by atoms with Crippen LogP contribution in [-0.2, 0) is 16.1 Å². The highest BCUT2D eigenvalue weighted by Gasteiger charge is 2.56. The number of rotatable bonds is 7. The summed E-state index contributed by atoms with van der Waals surface area (Å²) in [4.78, 5) is 25.5. The minimum atomic E-state index is -1.02. The highest BCUT2D eigenvalue weighted by atomic mass is 16.5. The second kappa shape index (κ2) is 7.70. The topological polar surface area (TPSA) is 76.7 Å². The maximum atomic E-state index is 12.8. The average Bonchev–Trinajstić information content (AvgIpc) is 3.48. The van der Waals surface area contributed by atoms with Crippen LogP contribution in [0.25, 0.3) is 0 Å². The van der Waals surface area contributed by atoms with E-state index in [-0.39, 0.29) is 11.8 Å². The van der Waals surface area contributed by atoms with E-state index in [0.717, 1.165) is 11.1 Å². The molecule has 0 saturated heterocycles. The van der Waals surface area contributed by atoms with Crippen molar-refractivity contribution in [1.82, 2.24) is 5.32 Å². The Kier molecular flexibility index (Phi) is 5.35. The fourth-order valence-corrected chi connectivity index (χ4v) is 3.04. The van der Waals surface area contributed by atoms with Crippen LogP contribution in [0.15, 0.2) is 42.5 Å². The Hall–Kier alpha value is -3.02. The minimum absolute atomic E-state index is 0.266. The monoisotopic (exact) mass is 368 g/mol. The van der Waals surface area contributed by atoms with Crippen molar-refractivity contribution < 1.29 is 19.1 Å². The smallest absolute Gasteiger partial charge is 0.240 e. The van der Waals surface area contributed by atoms with Gasteiger partial charge in [-0.2, -0.15) is 0 Å². The molecule has 2 aromatic carbocycles. The van der Waals surface area contributed by atoms with Gasteiger partial charge in [-0.3, -0.25) is 9.59 Å². The number of benzene rings is 2. The second-order valence-electron chi connectivity index (χ2n) is 6.73. The van der Waals surface area contributed by atoms with Gasteiger partial charge in [0, 0.05) is 12.1 Å². The molecule has 6 heteroatoms. The Morgan fingerprint density at radius 1 is 1.00 bits per heavy atom. The molecular formula is C21H24N2O4. The summed E-state index contributed by atoms with van der Waals surface area (Å²) < 4.78 is 10.6. The van der Waals surface area contributed by atoms with Gasteiger partial charge in [0.2, 0.25) is 11.8 Å². The van der Waals surface area contributed by atoms with Crippen LogP contribution in [-0.4, -0.2) is 26.0 Å². The summed E-state index contributed by atoms with van der Waals surface area (Å²) in [6.45, 7) is 2.24. The predicted molar refractivity (Wildman–Crippen MR) is 103 cm³/mol. The zero-order valence-electron chi connectivity index (χ0n) is 15.8. The first-order valence-electron chi connectivity index (χ1n) is 8.86. The summed E-state index contributed by atoms with van der Waals surface area (Å²) in [5, 5.41) is 5.73. The number of methoxy groups -OCH3 is 2. The van der Waals surface area contributed by atoms with E-state index in [1.807, 2.05) is 43.3 Å². The number of aryl methyl sites for hydroxylation is 1. The van der Waals surface area contributed by atoms with Gasteiger partial charge in [-0.05, 0) is 43.5 Å². The van der Waals surface area contributed by atoms with Gasteiger partial charge in [0.05, 0.1) is 19.9 Å². The van der Waals surface area contributed by atoms with Crippen LogP contribution in [0, 0.1) is 12.3 Å². The Balaban J connectivity index is 1.68. The molecule has 1 saturated carbocycles. The number of hydrogen-bond donors (Lipinski definition) is 2. The van der Waals surface area contributed by atoms with Crippen molar-refractivity contribution in [2.45, 2.75) is 26.3 Å². The first-order chi connectivity index (χ1) is 13.0. The minimum Gasteiger partial charge on any atom is -0.496 e. The van der Waals surface area contributed by atoms with Crippen molar-refractivity contribution in [1.29, 1.82) is 0 Å². The molecule has 6 nitrogen and oxygen atoms in total. The van der Waals surface area contributed by atoms with E-state index in [4.69, 9.17) is 9.47 Å². The molecule has 2 amide bonds. The van der Waals surface area contributed by atoms with Crippen LogP contribution in [0.2, 0.25) is 0 Å². The molecule has 0 atom stereocenters. The van der Waals surface area contributed by atoms with Crippen LogP contribution in [0.1, 0.15) is 24.0 Å². The Morgan fingerprint density at radius 2 is 1.70 bits per heavy atom. The molecule has 1 fully saturated rings. The predicted octanol–water partition coefficient (Wildman–Crippen LogP) is 3.05. The molecule has 3 rings (SSSR count). The van der Waals surface area contributed by atoms with E-state index in [0.29, 0.717) is 36.6 Å². The van der Waals surface area contributed by atoms with Gasteiger partial charge >= 0.3 is 0 Å². The zero-order valence-corrected chi connectivity index (χ0v) is 15.8. The van der Waals surface area contributed by atoms with Gasteiger partial charge in [0.15, 0.2) is 0 Å². The molecule has 0 unspecified atom stereocenters. The first kappa shape index (κ1) is 18.8. The standard InChI is InChI=1S/C21H24N2O4/c1-14-8-9-18(27-3)16(12-14)23-20(25)21(10-11-21)19(24)22-13-15-6-4-5-7-17(15)26-2/h4-9,12H,10-11,13H2,1-3H3,(H,22,24)(H,23,25). The van der Waals surface area contributed by atoms with Crippen molar-refractivity contribution >= 4 is 17.5 Å². The van der Waals surface area contributed by atoms with E-state index >= 15 is 0 Å². The van der Waals surface area contributed by atoms with Gasteiger partial charge in [-0.15, -0.1) is 0 Å². The molecule has 2 N–H and O–H groups in total. The number of para-hydroxylation sites is 1. The van der Waals surface area contributed by atoms with Gasteiger partial charge in [0.1, 0.15) is 16.9 Å². The molecule has 27 heavy (non-hydrogen) atoms. The van der Waals surface area contributed by atoms with Crippen molar-refractivity contribution in [3.63, 3.8) is 0 Å². The molecule has 0 aromatic heterocycles. The molecule has 2 aromatic rings. The maximum absolute atomic E-state index is 12.8. The number of ether oxygens (including phenoxy) is 2. The molecule has 0 radical (unpaired) electrons. The Labute approximate surface area is 158 Å². The van der Waals surface area contributed by atoms with Gasteiger partial charge < -0.3 is 20.1 Å². The quantitative estimate of drug-likeness (QED) is 0.737. The molecule has 0 bridgehead atoms. The average molecular weight is 368 g/mol. The van der Waals surface area contributed by atoms with E-state index in [1.54, 1.807) is 20.3 Å². The van der Waals surface area contributed by atoms with Crippen LogP contribution >= 0.6 is 0 Å². The Morgan fingerprint density at radius 3 is 2.37 bits per heavy atom. The number of carbonyl (C=O) groups is 2. The highest BCUT2D eigenvalue weighted by molar-refractivity contribution is 6.13. The van der Waals surface area contributed by atoms with Crippen LogP contribution in [0.5, 0.6) is 11.5 Å². The third-order valence-electron chi connectivity index (χ3n) is 4.85. The number of amides is 2. The lowest BCUT2D eigenvalue weighted by molar-refractivity contribution is -0.134. The highest BCUT2D eigenvalue weighted by Crippen LogP contribution is 2.47. The lowest BCUT2D eigenvalue weighted by atomic mass is 10.0. The van der Waals surface area contributed by atoms with E-state index < -0.39 is 5.41 Å². The summed E-state index contributed by atoms with van der Waals surface area (Å²) in [6.07, 6.45) is 1.06. The Bertz CT molecular complexity index is 859. The lowest BCUT2D eigenvalue weighted by Gasteiger charge is -2.17. The number of hydrogen-bond acceptors (Lipinski definition) is 4. The summed E-state index contributed by atoms with van der Waals surface area (Å²) in [5.41, 5.74) is 1.42. The maximum Gasteiger partial charge on any atom is 0.240 e. The van der Waals surface area contributed by atoms with E-state index in [2.05, 4.69) is 10.6 Å². The van der Waals surface area contributed by atoms with Crippen molar-refractivity contribution in [2.75, 3.05) is 19.5 Å². The van der Waals surface area contributed by atoms with Gasteiger partial charge in [-0.25, -0.2) is 0 Å². The number of anilines is 1. The first-order valence-corrected chi connectivity index (χ1v) is 8.86. The molecule has 1 aliphatic carbocycles. The summed E-state index contributed by atoms with van der Waals surface area (Å²) in [5.74, 6) is 0.706. The van der Waals surface area contributed by atoms with E-state index in [9.17, 15) is 9.59 Å². The van der Waals surface area contributed by atoms with E-state index in [1.165, 1.54) is 0 Å². The largest absolute Gasteiger partial charge is 0.496 e. The fourth-order valence-electron chi connectivity index (χ4n) is 3.04. The lowest BCUT2D eigenvalue weighted by Crippen LogP contribution is -2.39. The molecule has 1 aliphatic rings. The second-order valence-corrected chi connectivity index (χ2v) is 6.73. The summed E-state index contributed by atoms with van der Waals surface area (Å²) >= 11 is 0. The summed E-state index contributed by atoms with van der Waals surface area (Å²) in [7, 11) is 3.14. The van der Waals surface area contributed by atoms with Gasteiger partial charge in [0.25, 0.3) is 0 Å². The van der Waals surface area contributed by atoms with Crippen LogP contribution in [0.3, 0.4) is 0 Å². The third kappa shape index (κ3) is 3.89. The van der Waals surface area contributed by atoms with Crippen molar-refractivity contribution in [3.05, 3.63) is 53.6 Å². The molecule has 0 heterocycles. The van der Waals surface area contributed by atoms with Crippen LogP contribution < -0.4 is 20.1 Å². The van der Waals surface area contributed by atoms with Gasteiger partial charge in [-0.1, -0.05) is 24.3 Å². The fraction of sp³-hybridized carbons (Fsp3) is 0.333. The SMILES string of the molecule is COc1ccccc1CNC(=O)C1(C(=O)Nc2cc(C)ccc2OC)CC1. The van der Waals surface area contributed by atoms with Crippen LogP contribution in [0.4, 0.5) is 5.69 Å². The molecule has 0 aliphatic heterocycles. The number of nitrogens with one attached hydrogen (secondary N) is 2. The molecular weight excluding hydrogens is 344 g/mol. The third-order valence-corrected chi connectivity index (χ3v) is 4.85. The zero-order chi connectivity index (χ0) is 19.4. The normalized spacial score (nSPS) is 14.2. The molecule has 0 spiro atoms. The summed E-state index contributed by atoms with van der Waals surface area (Å²) in [6, 6.07) is 13.0. The molecule has 142 valence electrons.